The molecule has 3 heterocycles. The summed E-state index contributed by atoms with van der Waals surface area (Å²) in [5.41, 5.74) is 4.94. The maximum absolute atomic E-state index is 15.6. The lowest BCUT2D eigenvalue weighted by atomic mass is 9.75. The number of carbonyl (C=O) groups is 2. The summed E-state index contributed by atoms with van der Waals surface area (Å²) in [5.74, 6) is -2.59. The zero-order valence-electron chi connectivity index (χ0n) is 27.3. The second kappa shape index (κ2) is 12.6. The Hall–Kier alpha value is -4.79. The van der Waals surface area contributed by atoms with Gasteiger partial charge in [-0.05, 0) is 65.5 Å². The highest BCUT2D eigenvalue weighted by Gasteiger charge is 2.53. The molecule has 0 bridgehead atoms. The SMILES string of the molecule is CC(C)(C)C[C@]1(c2ccc(-n3nccn3)c(F)c2)N=C(N)N([C@H](COC(=O)CC2(C)CC2)c2ccc(Cl)c(-n3ncnc3C(F)F)c2)C1=O. The predicted molar refractivity (Wildman–Crippen MR) is 173 cm³/mol. The van der Waals surface area contributed by atoms with Crippen molar-refractivity contribution in [2.45, 2.75) is 71.4 Å². The van der Waals surface area contributed by atoms with Crippen molar-refractivity contribution in [2.24, 2.45) is 21.6 Å². The number of alkyl halides is 2. The number of hydrogen-bond donors (Lipinski definition) is 1. The maximum Gasteiger partial charge on any atom is 0.306 e. The van der Waals surface area contributed by atoms with Crippen molar-refractivity contribution in [3.8, 4) is 11.4 Å². The second-order valence-corrected chi connectivity index (χ2v) is 14.4. The van der Waals surface area contributed by atoms with Gasteiger partial charge in [0.1, 0.15) is 18.6 Å². The minimum atomic E-state index is -2.96. The number of guanidine groups is 1. The molecule has 1 saturated carbocycles. The van der Waals surface area contributed by atoms with Gasteiger partial charge in [-0.2, -0.15) is 15.3 Å². The van der Waals surface area contributed by atoms with Crippen LogP contribution in [-0.2, 0) is 19.9 Å². The van der Waals surface area contributed by atoms with E-state index in [1.807, 2.05) is 27.7 Å². The first kappa shape index (κ1) is 34.1. The second-order valence-electron chi connectivity index (χ2n) is 14.0. The Morgan fingerprint density at radius 1 is 1.08 bits per heavy atom. The van der Waals surface area contributed by atoms with Gasteiger partial charge in [-0.3, -0.25) is 14.5 Å². The number of benzene rings is 2. The van der Waals surface area contributed by atoms with Crippen molar-refractivity contribution in [3.05, 3.63) is 82.9 Å². The van der Waals surface area contributed by atoms with Gasteiger partial charge >= 0.3 is 5.97 Å². The largest absolute Gasteiger partial charge is 0.463 e. The quantitative estimate of drug-likeness (QED) is 0.192. The molecule has 0 saturated heterocycles. The first-order chi connectivity index (χ1) is 23.1. The fourth-order valence-corrected chi connectivity index (χ4v) is 6.30. The highest BCUT2D eigenvalue weighted by Crippen LogP contribution is 2.49. The van der Waals surface area contributed by atoms with E-state index in [0.717, 1.165) is 28.6 Å². The summed E-state index contributed by atoms with van der Waals surface area (Å²) in [7, 11) is 0. The Morgan fingerprint density at radius 3 is 2.43 bits per heavy atom. The number of nitrogens with two attached hydrogens (primary N) is 1. The number of amides is 1. The van der Waals surface area contributed by atoms with Gasteiger partial charge in [-0.1, -0.05) is 51.4 Å². The van der Waals surface area contributed by atoms with Crippen LogP contribution < -0.4 is 5.73 Å². The van der Waals surface area contributed by atoms with E-state index in [-0.39, 0.29) is 52.8 Å². The number of rotatable bonds is 11. The van der Waals surface area contributed by atoms with Gasteiger partial charge in [0.2, 0.25) is 0 Å². The van der Waals surface area contributed by atoms with Crippen molar-refractivity contribution in [1.29, 1.82) is 0 Å². The van der Waals surface area contributed by atoms with Gasteiger partial charge in [0.15, 0.2) is 23.1 Å². The molecular weight excluding hydrogens is 663 g/mol. The average Bonchev–Trinajstić information content (AvgIpc) is 3.41. The Labute approximate surface area is 285 Å². The zero-order chi connectivity index (χ0) is 35.3. The van der Waals surface area contributed by atoms with Crippen LogP contribution in [0.1, 0.15) is 82.8 Å². The Kier molecular flexibility index (Phi) is 8.76. The summed E-state index contributed by atoms with van der Waals surface area (Å²) in [5, 5.41) is 12.0. The smallest absolute Gasteiger partial charge is 0.306 e. The lowest BCUT2D eigenvalue weighted by Crippen LogP contribution is -2.47. The fourth-order valence-electron chi connectivity index (χ4n) is 6.11. The van der Waals surface area contributed by atoms with Crippen LogP contribution in [0.2, 0.25) is 5.02 Å². The number of carbonyl (C=O) groups excluding carboxylic acids is 2. The third-order valence-corrected chi connectivity index (χ3v) is 9.03. The Morgan fingerprint density at radius 2 is 1.80 bits per heavy atom. The number of nitrogens with zero attached hydrogens (tertiary/aromatic N) is 8. The van der Waals surface area contributed by atoms with Gasteiger partial charge < -0.3 is 10.5 Å². The van der Waals surface area contributed by atoms with E-state index in [0.29, 0.717) is 5.56 Å². The van der Waals surface area contributed by atoms with Crippen LogP contribution in [0.5, 0.6) is 0 Å². The molecule has 0 spiro atoms. The molecule has 1 amide bonds. The van der Waals surface area contributed by atoms with E-state index in [9.17, 15) is 18.4 Å². The topological polar surface area (TPSA) is 146 Å². The molecule has 0 unspecified atom stereocenters. The molecule has 1 fully saturated rings. The van der Waals surface area contributed by atoms with Crippen LogP contribution in [-0.4, -0.2) is 59.1 Å². The average molecular weight is 698 g/mol. The monoisotopic (exact) mass is 697 g/mol. The first-order valence-electron chi connectivity index (χ1n) is 15.6. The zero-order valence-corrected chi connectivity index (χ0v) is 28.0. The molecular formula is C33H35ClF3N9O3. The van der Waals surface area contributed by atoms with Crippen molar-refractivity contribution in [1.82, 2.24) is 34.7 Å². The fraction of sp³-hybridized carbons (Fsp3) is 0.424. The minimum Gasteiger partial charge on any atom is -0.463 e. The number of hydrogen-bond acceptors (Lipinski definition) is 9. The predicted octanol–water partition coefficient (Wildman–Crippen LogP) is 5.84. The molecule has 2 aromatic heterocycles. The van der Waals surface area contributed by atoms with E-state index in [1.54, 1.807) is 12.1 Å². The standard InChI is InChI=1S/C33H35ClF3N9O3/c1-31(2,3)17-33(20-6-8-23(22(35)14-20)46-40-11-12-41-46)29(48)44(30(38)43-33)25(16-49-26(47)15-32(4)9-10-32)19-5-7-21(34)24(13-19)45-28(27(36)37)39-18-42-45/h5-8,11-14,18,25,27H,9-10,15-17H2,1-4H3,(H2,38,43)/t25-,33-/m1/s1. The van der Waals surface area contributed by atoms with Crippen LogP contribution in [0.3, 0.4) is 0 Å². The summed E-state index contributed by atoms with van der Waals surface area (Å²) in [4.78, 5) is 38.5. The molecule has 2 atom stereocenters. The number of esters is 1. The molecule has 4 aromatic rings. The van der Waals surface area contributed by atoms with Crippen LogP contribution in [0.25, 0.3) is 11.4 Å². The summed E-state index contributed by atoms with van der Waals surface area (Å²) in [6.07, 6.45) is 2.94. The molecule has 258 valence electrons. The molecule has 2 aliphatic rings. The molecule has 2 aromatic carbocycles. The molecule has 49 heavy (non-hydrogen) atoms. The van der Waals surface area contributed by atoms with E-state index in [2.05, 4.69) is 20.3 Å². The molecule has 1 aliphatic carbocycles. The van der Waals surface area contributed by atoms with Crippen LogP contribution in [0.4, 0.5) is 13.2 Å². The molecule has 6 rings (SSSR count). The number of aromatic nitrogens is 6. The molecule has 1 aliphatic heterocycles. The summed E-state index contributed by atoms with van der Waals surface area (Å²) in [6, 6.07) is 7.65. The van der Waals surface area contributed by atoms with Gasteiger partial charge in [0.05, 0.1) is 35.6 Å². The summed E-state index contributed by atoms with van der Waals surface area (Å²) >= 11 is 6.46. The van der Waals surface area contributed by atoms with Gasteiger partial charge in [-0.25, -0.2) is 27.8 Å². The molecule has 0 radical (unpaired) electrons. The molecule has 2 N–H and O–H groups in total. The van der Waals surface area contributed by atoms with Crippen LogP contribution >= 0.6 is 11.6 Å². The van der Waals surface area contributed by atoms with E-state index in [1.165, 1.54) is 41.6 Å². The first-order valence-corrected chi connectivity index (χ1v) is 16.0. The molecule has 12 nitrogen and oxygen atoms in total. The summed E-state index contributed by atoms with van der Waals surface area (Å²) in [6.45, 7) is 7.38. The van der Waals surface area contributed by atoms with Crippen molar-refractivity contribution in [2.75, 3.05) is 6.61 Å². The Bertz CT molecular complexity index is 1920. The van der Waals surface area contributed by atoms with Gasteiger partial charge in [-0.15, -0.1) is 4.80 Å². The van der Waals surface area contributed by atoms with E-state index < -0.39 is 46.9 Å². The maximum atomic E-state index is 15.6. The lowest BCUT2D eigenvalue weighted by Gasteiger charge is -2.35. The number of halogens is 4. The number of aliphatic imine (C=N–C) groups is 1. The highest BCUT2D eigenvalue weighted by molar-refractivity contribution is 6.32. The molecule has 16 heteroatoms. The van der Waals surface area contributed by atoms with Gasteiger partial charge in [0.25, 0.3) is 12.3 Å². The van der Waals surface area contributed by atoms with Crippen LogP contribution in [0.15, 0.2) is 60.1 Å². The van der Waals surface area contributed by atoms with E-state index in [4.69, 9.17) is 27.1 Å². The third kappa shape index (κ3) is 6.76. The third-order valence-electron chi connectivity index (χ3n) is 8.71. The minimum absolute atomic E-state index is 0.0572. The van der Waals surface area contributed by atoms with Crippen molar-refractivity contribution < 1.29 is 27.5 Å². The van der Waals surface area contributed by atoms with Crippen molar-refractivity contribution in [3.63, 3.8) is 0 Å². The normalized spacial score (nSPS) is 19.3. The Balaban J connectivity index is 1.43. The number of ether oxygens (including phenoxy) is 1. The van der Waals surface area contributed by atoms with Gasteiger partial charge in [0, 0.05) is 0 Å². The van der Waals surface area contributed by atoms with Crippen molar-refractivity contribution >= 4 is 29.4 Å². The highest BCUT2D eigenvalue weighted by atomic mass is 35.5. The van der Waals surface area contributed by atoms with Crippen LogP contribution in [0, 0.1) is 16.6 Å². The summed E-state index contributed by atoms with van der Waals surface area (Å²) < 4.78 is 49.9. The lowest BCUT2D eigenvalue weighted by molar-refractivity contribution is -0.148. The van der Waals surface area contributed by atoms with E-state index >= 15 is 4.39 Å².